The number of amides is 1. The predicted molar refractivity (Wildman–Crippen MR) is 134 cm³/mol. The number of nitrogen functional groups attached to an aromatic ring is 1. The highest BCUT2D eigenvalue weighted by molar-refractivity contribution is 5.83. The average Bonchev–Trinajstić information content (AvgIpc) is 2.63. The maximum absolute atomic E-state index is 11.7. The van der Waals surface area contributed by atoms with E-state index in [0.717, 1.165) is 64.2 Å². The van der Waals surface area contributed by atoms with Crippen molar-refractivity contribution in [2.45, 2.75) is 26.4 Å². The Balaban J connectivity index is 0.000000156. The molecular formula is C25H34N6O4. The highest BCUT2D eigenvalue weighted by Gasteiger charge is 2.50. The zero-order valence-electron chi connectivity index (χ0n) is 20.6. The minimum atomic E-state index is -0.518. The van der Waals surface area contributed by atoms with E-state index in [2.05, 4.69) is 25.1 Å². The van der Waals surface area contributed by atoms with Crippen molar-refractivity contribution < 1.29 is 19.0 Å². The Labute approximate surface area is 205 Å². The maximum atomic E-state index is 11.7. The van der Waals surface area contributed by atoms with E-state index in [1.165, 1.54) is 0 Å². The Hall–Kier alpha value is -3.11. The summed E-state index contributed by atoms with van der Waals surface area (Å²) in [6, 6.07) is 11.4. The third-order valence-corrected chi connectivity index (χ3v) is 6.51. The molecule has 2 aromatic heterocycles. The normalized spacial score (nSPS) is 21.0. The average molecular weight is 483 g/mol. The molecule has 6 rings (SSSR count). The van der Waals surface area contributed by atoms with Crippen LogP contribution >= 0.6 is 0 Å². The molecule has 2 spiro atoms. The summed E-state index contributed by atoms with van der Waals surface area (Å²) in [5.74, 6) is 2.96. The van der Waals surface area contributed by atoms with Gasteiger partial charge in [-0.1, -0.05) is 12.1 Å². The van der Waals surface area contributed by atoms with Crippen LogP contribution in [0.15, 0.2) is 36.4 Å². The lowest BCUT2D eigenvalue weighted by molar-refractivity contribution is -0.127. The van der Waals surface area contributed by atoms with E-state index < -0.39 is 11.7 Å². The van der Waals surface area contributed by atoms with E-state index in [0.29, 0.717) is 22.5 Å². The van der Waals surface area contributed by atoms with Gasteiger partial charge in [0.25, 0.3) is 0 Å². The Morgan fingerprint density at radius 1 is 0.914 bits per heavy atom. The largest absolute Gasteiger partial charge is 0.444 e. The van der Waals surface area contributed by atoms with Gasteiger partial charge in [-0.25, -0.2) is 14.8 Å². The molecule has 1 amide bonds. The molecule has 0 bridgehead atoms. The number of hydrogen-bond donors (Lipinski definition) is 2. The first-order valence-corrected chi connectivity index (χ1v) is 12.0. The van der Waals surface area contributed by atoms with Crippen LogP contribution in [0.1, 0.15) is 20.8 Å². The van der Waals surface area contributed by atoms with Gasteiger partial charge in [0, 0.05) is 26.2 Å². The van der Waals surface area contributed by atoms with Gasteiger partial charge in [0.15, 0.2) is 0 Å². The molecule has 0 aliphatic carbocycles. The Bertz CT molecular complexity index is 1060. The fourth-order valence-corrected chi connectivity index (χ4v) is 4.69. The quantitative estimate of drug-likeness (QED) is 0.681. The molecule has 0 saturated carbocycles. The molecule has 4 fully saturated rings. The van der Waals surface area contributed by atoms with E-state index in [-0.39, 0.29) is 0 Å². The third-order valence-electron chi connectivity index (χ3n) is 6.51. The van der Waals surface area contributed by atoms with Gasteiger partial charge in [-0.2, -0.15) is 0 Å². The minimum Gasteiger partial charge on any atom is -0.444 e. The second-order valence-electron chi connectivity index (χ2n) is 11.1. The van der Waals surface area contributed by atoms with Crippen LogP contribution in [0.25, 0.3) is 0 Å². The number of carbonyl (C=O) groups excluding carboxylic acids is 1. The predicted octanol–water partition coefficient (Wildman–Crippen LogP) is 2.77. The molecular weight excluding hydrogens is 448 g/mol. The van der Waals surface area contributed by atoms with Crippen LogP contribution in [-0.4, -0.2) is 74.3 Å². The Morgan fingerprint density at radius 2 is 1.43 bits per heavy atom. The first-order valence-electron chi connectivity index (χ1n) is 12.0. The second kappa shape index (κ2) is 8.83. The van der Waals surface area contributed by atoms with Crippen molar-refractivity contribution in [3.63, 3.8) is 0 Å². The number of carbonyl (C=O) groups is 1. The molecule has 10 heteroatoms. The van der Waals surface area contributed by atoms with Crippen LogP contribution in [0.2, 0.25) is 0 Å². The topological polar surface area (TPSA) is 115 Å². The number of nitrogens with zero attached hydrogens (tertiary/aromatic N) is 4. The van der Waals surface area contributed by atoms with Gasteiger partial charge in [0.05, 0.1) is 37.3 Å². The Morgan fingerprint density at radius 3 is 1.89 bits per heavy atom. The zero-order valence-corrected chi connectivity index (χ0v) is 20.6. The number of pyridine rings is 2. The molecule has 3 N–H and O–H groups in total. The van der Waals surface area contributed by atoms with Crippen LogP contribution in [0.5, 0.6) is 0 Å². The van der Waals surface area contributed by atoms with Gasteiger partial charge in [0.2, 0.25) is 0 Å². The summed E-state index contributed by atoms with van der Waals surface area (Å²) in [5.41, 5.74) is 5.89. The molecule has 4 saturated heterocycles. The fraction of sp³-hybridized carbons (Fsp3) is 0.560. The third kappa shape index (κ3) is 5.28. The van der Waals surface area contributed by atoms with Crippen molar-refractivity contribution in [1.29, 1.82) is 0 Å². The molecule has 0 atom stereocenters. The summed E-state index contributed by atoms with van der Waals surface area (Å²) in [6.07, 6.45) is -0.486. The summed E-state index contributed by atoms with van der Waals surface area (Å²) in [6.45, 7) is 13.1. The van der Waals surface area contributed by atoms with Crippen molar-refractivity contribution in [3.8, 4) is 0 Å². The summed E-state index contributed by atoms with van der Waals surface area (Å²) >= 11 is 0. The number of ether oxygens (including phenoxy) is 3. The SMILES string of the molecule is CC(C)(C)OC(=O)Nc1cccc(N2CC3(COC3)C2)n1.Nc1cccc(N2CC3(COC3)C2)n1. The highest BCUT2D eigenvalue weighted by Crippen LogP contribution is 2.40. The molecule has 2 aromatic rings. The fourth-order valence-electron chi connectivity index (χ4n) is 4.69. The molecule has 0 aromatic carbocycles. The van der Waals surface area contributed by atoms with Crippen LogP contribution in [0.4, 0.5) is 28.1 Å². The lowest BCUT2D eigenvalue weighted by atomic mass is 9.78. The summed E-state index contributed by atoms with van der Waals surface area (Å²) in [4.78, 5) is 24.9. The van der Waals surface area contributed by atoms with Crippen molar-refractivity contribution >= 4 is 29.4 Å². The number of anilines is 4. The minimum absolute atomic E-state index is 0.344. The molecule has 0 radical (unpaired) electrons. The van der Waals surface area contributed by atoms with E-state index in [1.807, 2.05) is 51.1 Å². The Kier molecular flexibility index (Phi) is 5.96. The van der Waals surface area contributed by atoms with Gasteiger partial charge in [-0.05, 0) is 45.0 Å². The van der Waals surface area contributed by atoms with E-state index in [4.69, 9.17) is 19.9 Å². The van der Waals surface area contributed by atoms with Crippen LogP contribution in [0.3, 0.4) is 0 Å². The second-order valence-corrected chi connectivity index (χ2v) is 11.1. The maximum Gasteiger partial charge on any atom is 0.413 e. The van der Waals surface area contributed by atoms with E-state index in [1.54, 1.807) is 6.07 Å². The van der Waals surface area contributed by atoms with Crippen molar-refractivity contribution in [3.05, 3.63) is 36.4 Å². The zero-order chi connectivity index (χ0) is 24.7. The molecule has 10 nitrogen and oxygen atoms in total. The van der Waals surface area contributed by atoms with Crippen LogP contribution in [0, 0.1) is 10.8 Å². The summed E-state index contributed by atoms with van der Waals surface area (Å²) in [7, 11) is 0. The van der Waals surface area contributed by atoms with Crippen LogP contribution < -0.4 is 20.9 Å². The molecule has 4 aliphatic heterocycles. The number of hydrogen-bond acceptors (Lipinski definition) is 9. The lowest BCUT2D eigenvalue weighted by Gasteiger charge is -2.55. The van der Waals surface area contributed by atoms with Crippen molar-refractivity contribution in [2.24, 2.45) is 10.8 Å². The molecule has 4 aliphatic rings. The van der Waals surface area contributed by atoms with Gasteiger partial charge >= 0.3 is 6.09 Å². The van der Waals surface area contributed by atoms with Crippen molar-refractivity contribution in [1.82, 2.24) is 9.97 Å². The number of aromatic nitrogens is 2. The molecule has 0 unspecified atom stereocenters. The van der Waals surface area contributed by atoms with E-state index >= 15 is 0 Å². The standard InChI is InChI=1S/C15H21N3O3.C10H13N3O/c1-14(2,3)21-13(19)17-11-5-4-6-12(16-11)18-7-15(8-18)9-20-10-15;11-8-2-1-3-9(12-8)13-4-10(5-13)6-14-7-10/h4-6H,7-10H2,1-3H3,(H,16,17,19);1-3H,4-7H2,(H2,11,12). The van der Waals surface area contributed by atoms with Crippen molar-refractivity contribution in [2.75, 3.05) is 73.5 Å². The highest BCUT2D eigenvalue weighted by atomic mass is 16.6. The summed E-state index contributed by atoms with van der Waals surface area (Å²) < 4.78 is 15.7. The first-order chi connectivity index (χ1) is 16.6. The van der Waals surface area contributed by atoms with Gasteiger partial charge in [-0.15, -0.1) is 0 Å². The molecule has 35 heavy (non-hydrogen) atoms. The number of nitrogens with one attached hydrogen (secondary N) is 1. The smallest absolute Gasteiger partial charge is 0.413 e. The molecule has 6 heterocycles. The van der Waals surface area contributed by atoms with E-state index in [9.17, 15) is 4.79 Å². The number of rotatable bonds is 3. The monoisotopic (exact) mass is 482 g/mol. The first kappa shape index (κ1) is 23.6. The van der Waals surface area contributed by atoms with Gasteiger partial charge < -0.3 is 29.7 Å². The van der Waals surface area contributed by atoms with Gasteiger partial charge in [-0.3, -0.25) is 5.32 Å². The summed E-state index contributed by atoms with van der Waals surface area (Å²) in [5, 5.41) is 2.67. The van der Waals surface area contributed by atoms with Crippen LogP contribution in [-0.2, 0) is 14.2 Å². The van der Waals surface area contributed by atoms with Gasteiger partial charge in [0.1, 0.15) is 28.9 Å². The lowest BCUT2D eigenvalue weighted by Crippen LogP contribution is -2.66. The molecule has 188 valence electrons. The number of nitrogens with two attached hydrogens (primary N) is 1.